The zero-order chi connectivity index (χ0) is 27.3. The van der Waals surface area contributed by atoms with Crippen molar-refractivity contribution in [2.24, 2.45) is 0 Å². The molecule has 6 aromatic carbocycles. The summed E-state index contributed by atoms with van der Waals surface area (Å²) in [4.78, 5) is 19.3. The molecule has 2 aromatic heterocycles. The lowest BCUT2D eigenvalue weighted by Gasteiger charge is -2.15. The molecule has 0 bridgehead atoms. The maximum Gasteiger partial charge on any atom is 0.164 e. The number of pyridine rings is 1. The summed E-state index contributed by atoms with van der Waals surface area (Å²) in [7, 11) is 0. The summed E-state index contributed by atoms with van der Waals surface area (Å²) < 4.78 is 13.8. The zero-order valence-electron chi connectivity index (χ0n) is 21.8. The average molecular weight is 529 g/mol. The van der Waals surface area contributed by atoms with Gasteiger partial charge in [0.15, 0.2) is 17.5 Å². The van der Waals surface area contributed by atoms with E-state index < -0.39 is 0 Å². The molecule has 0 aliphatic carbocycles. The van der Waals surface area contributed by atoms with E-state index in [1.807, 2.05) is 42.6 Å². The van der Waals surface area contributed by atoms with Crippen LogP contribution >= 0.6 is 0 Å². The van der Waals surface area contributed by atoms with E-state index in [0.29, 0.717) is 23.0 Å². The van der Waals surface area contributed by atoms with E-state index in [1.165, 1.54) is 39.1 Å². The van der Waals surface area contributed by atoms with Gasteiger partial charge in [-0.3, -0.25) is 4.98 Å². The minimum Gasteiger partial charge on any atom is -0.264 e. The third-order valence-electron chi connectivity index (χ3n) is 7.65. The highest BCUT2D eigenvalue weighted by Crippen LogP contribution is 2.39. The largest absolute Gasteiger partial charge is 0.264 e. The lowest BCUT2D eigenvalue weighted by molar-refractivity contribution is 0.628. The first-order chi connectivity index (χ1) is 20.2. The van der Waals surface area contributed by atoms with E-state index in [4.69, 9.17) is 15.0 Å². The third-order valence-corrected chi connectivity index (χ3v) is 7.65. The molecule has 0 fully saturated rings. The Kier molecular flexibility index (Phi) is 5.28. The molecule has 2 heterocycles. The molecule has 0 N–H and O–H groups in total. The summed E-state index contributed by atoms with van der Waals surface area (Å²) in [5, 5.41) is 7.08. The quantitative estimate of drug-likeness (QED) is 0.214. The van der Waals surface area contributed by atoms with Crippen molar-refractivity contribution in [2.45, 2.75) is 0 Å². The second kappa shape index (κ2) is 9.28. The monoisotopic (exact) mass is 528 g/mol. The molecule has 8 aromatic rings. The first-order valence-electron chi connectivity index (χ1n) is 13.4. The molecule has 0 saturated heterocycles. The summed E-state index contributed by atoms with van der Waals surface area (Å²) >= 11 is 0. The second-order valence-electron chi connectivity index (χ2n) is 10.1. The van der Waals surface area contributed by atoms with Crippen molar-refractivity contribution in [2.75, 3.05) is 0 Å². The molecular weight excluding hydrogens is 507 g/mol. The Labute approximate surface area is 235 Å². The van der Waals surface area contributed by atoms with Gasteiger partial charge in [-0.05, 0) is 74.3 Å². The summed E-state index contributed by atoms with van der Waals surface area (Å²) in [5.41, 5.74) is 4.44. The van der Waals surface area contributed by atoms with Gasteiger partial charge in [0.05, 0.1) is 0 Å². The fraction of sp³-hybridized carbons (Fsp3) is 0. The molecular formula is C36H21FN4. The van der Waals surface area contributed by atoms with Crippen LogP contribution in [0.15, 0.2) is 128 Å². The Bertz CT molecular complexity index is 2190. The van der Waals surface area contributed by atoms with Gasteiger partial charge in [-0.1, -0.05) is 78.9 Å². The number of nitrogens with zero attached hydrogens (tertiary/aromatic N) is 4. The van der Waals surface area contributed by atoms with Crippen molar-refractivity contribution < 1.29 is 4.39 Å². The molecule has 0 spiro atoms. The van der Waals surface area contributed by atoms with Crippen LogP contribution in [0.25, 0.3) is 77.6 Å². The van der Waals surface area contributed by atoms with E-state index in [-0.39, 0.29) is 5.82 Å². The molecule has 0 aliphatic rings. The van der Waals surface area contributed by atoms with Crippen LogP contribution in [-0.4, -0.2) is 19.9 Å². The first kappa shape index (κ1) is 23.3. The summed E-state index contributed by atoms with van der Waals surface area (Å²) in [5.74, 6) is 1.28. The molecule has 41 heavy (non-hydrogen) atoms. The molecule has 0 atom stereocenters. The van der Waals surface area contributed by atoms with Crippen molar-refractivity contribution in [1.29, 1.82) is 0 Å². The Morgan fingerprint density at radius 3 is 1.85 bits per heavy atom. The van der Waals surface area contributed by atoms with Crippen molar-refractivity contribution in [1.82, 2.24) is 19.9 Å². The van der Waals surface area contributed by atoms with Crippen LogP contribution in [0.5, 0.6) is 0 Å². The SMILES string of the molecule is Fc1ccc(-c2nc(-c3ccccc3-c3cccnc3)nc(-c3ccc4ccc5cccc6ccc3c4c56)n2)cc1. The number of aromatic nitrogens is 4. The maximum atomic E-state index is 13.8. The van der Waals surface area contributed by atoms with Crippen LogP contribution in [0.1, 0.15) is 0 Å². The van der Waals surface area contributed by atoms with Gasteiger partial charge in [-0.15, -0.1) is 0 Å². The Morgan fingerprint density at radius 1 is 0.439 bits per heavy atom. The standard InChI is InChI=1S/C36H21FN4/c37-27-16-12-25(13-17-27)34-39-35(30-9-2-1-8-28(30)26-7-4-20-38-21-26)41-36(40-34)31-19-15-24-11-10-22-5-3-6-23-14-18-29(31)33(24)32(22)23/h1-21H. The van der Waals surface area contributed by atoms with Crippen LogP contribution < -0.4 is 0 Å². The lowest BCUT2D eigenvalue weighted by Crippen LogP contribution is -2.01. The van der Waals surface area contributed by atoms with Crippen LogP contribution in [0, 0.1) is 5.82 Å². The van der Waals surface area contributed by atoms with E-state index in [2.05, 4.69) is 59.6 Å². The molecule has 8 rings (SSSR count). The van der Waals surface area contributed by atoms with Crippen molar-refractivity contribution in [3.05, 3.63) is 133 Å². The highest BCUT2D eigenvalue weighted by Gasteiger charge is 2.18. The minimum atomic E-state index is -0.308. The van der Waals surface area contributed by atoms with Crippen LogP contribution in [0.3, 0.4) is 0 Å². The van der Waals surface area contributed by atoms with Gasteiger partial charge in [-0.25, -0.2) is 19.3 Å². The van der Waals surface area contributed by atoms with Gasteiger partial charge in [0.2, 0.25) is 0 Å². The highest BCUT2D eigenvalue weighted by molar-refractivity contribution is 6.25. The van der Waals surface area contributed by atoms with E-state index in [1.54, 1.807) is 18.3 Å². The fourth-order valence-electron chi connectivity index (χ4n) is 5.73. The smallest absolute Gasteiger partial charge is 0.164 e. The van der Waals surface area contributed by atoms with Gasteiger partial charge in [0.25, 0.3) is 0 Å². The van der Waals surface area contributed by atoms with Crippen LogP contribution in [0.4, 0.5) is 4.39 Å². The lowest BCUT2D eigenvalue weighted by atomic mass is 9.92. The van der Waals surface area contributed by atoms with Crippen molar-refractivity contribution >= 4 is 32.3 Å². The summed E-state index contributed by atoms with van der Waals surface area (Å²) in [6.07, 6.45) is 3.59. The van der Waals surface area contributed by atoms with Gasteiger partial charge in [0, 0.05) is 34.6 Å². The highest BCUT2D eigenvalue weighted by atomic mass is 19.1. The average Bonchev–Trinajstić information content (AvgIpc) is 3.04. The van der Waals surface area contributed by atoms with Crippen LogP contribution in [0.2, 0.25) is 0 Å². The molecule has 0 amide bonds. The molecule has 192 valence electrons. The first-order valence-corrected chi connectivity index (χ1v) is 13.4. The molecule has 4 nitrogen and oxygen atoms in total. The maximum absolute atomic E-state index is 13.8. The Balaban J connectivity index is 1.42. The van der Waals surface area contributed by atoms with E-state index in [0.717, 1.165) is 27.6 Å². The predicted molar refractivity (Wildman–Crippen MR) is 163 cm³/mol. The Morgan fingerprint density at radius 2 is 1.10 bits per heavy atom. The molecule has 0 saturated carbocycles. The van der Waals surface area contributed by atoms with E-state index in [9.17, 15) is 4.39 Å². The van der Waals surface area contributed by atoms with Crippen molar-refractivity contribution in [3.8, 4) is 45.3 Å². The normalized spacial score (nSPS) is 11.5. The number of halogens is 1. The molecule has 0 unspecified atom stereocenters. The number of benzene rings is 6. The molecule has 0 aliphatic heterocycles. The van der Waals surface area contributed by atoms with Gasteiger partial charge < -0.3 is 0 Å². The number of hydrogen-bond donors (Lipinski definition) is 0. The third kappa shape index (κ3) is 3.90. The van der Waals surface area contributed by atoms with Gasteiger partial charge >= 0.3 is 0 Å². The van der Waals surface area contributed by atoms with Crippen molar-refractivity contribution in [3.63, 3.8) is 0 Å². The number of hydrogen-bond acceptors (Lipinski definition) is 4. The van der Waals surface area contributed by atoms with Gasteiger partial charge in [0.1, 0.15) is 5.82 Å². The molecule has 5 heteroatoms. The zero-order valence-corrected chi connectivity index (χ0v) is 21.8. The topological polar surface area (TPSA) is 51.6 Å². The summed E-state index contributed by atoms with van der Waals surface area (Å²) in [6, 6.07) is 37.5. The van der Waals surface area contributed by atoms with Crippen LogP contribution in [-0.2, 0) is 0 Å². The predicted octanol–water partition coefficient (Wildman–Crippen LogP) is 8.97. The second-order valence-corrected chi connectivity index (χ2v) is 10.1. The Hall–Kier alpha value is -5.55. The van der Waals surface area contributed by atoms with E-state index >= 15 is 0 Å². The fourth-order valence-corrected chi connectivity index (χ4v) is 5.73. The number of rotatable bonds is 4. The summed E-state index contributed by atoms with van der Waals surface area (Å²) in [6.45, 7) is 0. The van der Waals surface area contributed by atoms with Gasteiger partial charge in [-0.2, -0.15) is 0 Å². The minimum absolute atomic E-state index is 0.308. The molecule has 0 radical (unpaired) electrons.